The number of aromatic nitrogens is 2. The highest BCUT2D eigenvalue weighted by Crippen LogP contribution is 2.50. The average molecular weight is 539 g/mol. The van der Waals surface area contributed by atoms with E-state index in [-0.39, 0.29) is 29.1 Å². The predicted octanol–water partition coefficient (Wildman–Crippen LogP) is 5.98. The van der Waals surface area contributed by atoms with Crippen molar-refractivity contribution in [1.29, 1.82) is 0 Å². The largest absolute Gasteiger partial charge is 0.491 e. The molecule has 0 saturated carbocycles. The number of rotatable bonds is 4. The SMILES string of the molecule is CC(C)Oc1ccc2cc3ccc(N4CCC(c5[nH]nc6c5C(O)(C(F)(F)F)CC(=O)N6)CC4)cc3cc2c1. The molecule has 2 aliphatic rings. The number of amides is 1. The fraction of sp³-hybridized carbons (Fsp3) is 0.379. The molecule has 1 aromatic heterocycles. The molecular weight excluding hydrogens is 509 g/mol. The van der Waals surface area contributed by atoms with Crippen LogP contribution in [0.3, 0.4) is 0 Å². The zero-order valence-corrected chi connectivity index (χ0v) is 21.6. The summed E-state index contributed by atoms with van der Waals surface area (Å²) in [5.74, 6) is -0.589. The van der Waals surface area contributed by atoms with Gasteiger partial charge in [0, 0.05) is 30.4 Å². The van der Waals surface area contributed by atoms with Gasteiger partial charge in [-0.15, -0.1) is 0 Å². The molecular formula is C29H29F3N4O3. The minimum Gasteiger partial charge on any atom is -0.491 e. The highest BCUT2D eigenvalue weighted by atomic mass is 19.4. The number of nitrogens with zero attached hydrogens (tertiary/aromatic N) is 2. The fourth-order valence-electron chi connectivity index (χ4n) is 5.83. The fourth-order valence-corrected chi connectivity index (χ4v) is 5.83. The molecule has 2 aliphatic heterocycles. The van der Waals surface area contributed by atoms with Gasteiger partial charge in [0.05, 0.1) is 18.1 Å². The molecule has 1 atom stereocenters. The normalized spacial score (nSPS) is 20.5. The lowest BCUT2D eigenvalue weighted by atomic mass is 9.81. The van der Waals surface area contributed by atoms with Crippen molar-refractivity contribution in [3.05, 3.63) is 59.8 Å². The molecule has 3 aromatic carbocycles. The molecule has 204 valence electrons. The van der Waals surface area contributed by atoms with Crippen molar-refractivity contribution in [3.63, 3.8) is 0 Å². The number of alkyl halides is 3. The zero-order valence-electron chi connectivity index (χ0n) is 21.6. The van der Waals surface area contributed by atoms with Crippen LogP contribution in [0, 0.1) is 0 Å². The Balaban J connectivity index is 1.24. The van der Waals surface area contributed by atoms with Crippen LogP contribution in [-0.2, 0) is 10.4 Å². The molecule has 0 spiro atoms. The van der Waals surface area contributed by atoms with Crippen LogP contribution in [0.2, 0.25) is 0 Å². The lowest BCUT2D eigenvalue weighted by Crippen LogP contribution is -2.48. The number of H-pyrrole nitrogens is 1. The first-order valence-electron chi connectivity index (χ1n) is 13.1. The lowest BCUT2D eigenvalue weighted by molar-refractivity contribution is -0.267. The van der Waals surface area contributed by atoms with Crippen LogP contribution in [-0.4, -0.2) is 46.6 Å². The van der Waals surface area contributed by atoms with E-state index < -0.39 is 24.1 Å². The van der Waals surface area contributed by atoms with Gasteiger partial charge in [-0.2, -0.15) is 18.3 Å². The van der Waals surface area contributed by atoms with Crippen LogP contribution < -0.4 is 15.0 Å². The number of hydrogen-bond acceptors (Lipinski definition) is 5. The van der Waals surface area contributed by atoms with Crippen molar-refractivity contribution >= 4 is 39.0 Å². The molecule has 0 aliphatic carbocycles. The molecule has 3 N–H and O–H groups in total. The molecule has 6 rings (SSSR count). The topological polar surface area (TPSA) is 90.5 Å². The lowest BCUT2D eigenvalue weighted by Gasteiger charge is -2.37. The number of nitrogens with one attached hydrogen (secondary N) is 2. The van der Waals surface area contributed by atoms with E-state index in [9.17, 15) is 23.1 Å². The first-order chi connectivity index (χ1) is 18.5. The summed E-state index contributed by atoms with van der Waals surface area (Å²) in [6.45, 7) is 5.24. The summed E-state index contributed by atoms with van der Waals surface area (Å²) in [6, 6.07) is 16.7. The summed E-state index contributed by atoms with van der Waals surface area (Å²) in [5, 5.41) is 24.0. The number of benzene rings is 3. The van der Waals surface area contributed by atoms with Gasteiger partial charge in [-0.1, -0.05) is 12.1 Å². The van der Waals surface area contributed by atoms with Crippen molar-refractivity contribution < 1.29 is 27.8 Å². The Bertz CT molecular complexity index is 1570. The summed E-state index contributed by atoms with van der Waals surface area (Å²) in [5.41, 5.74) is -2.33. The third-order valence-electron chi connectivity index (χ3n) is 7.74. The van der Waals surface area contributed by atoms with Crippen LogP contribution >= 0.6 is 0 Å². The molecule has 0 radical (unpaired) electrons. The first kappa shape index (κ1) is 25.5. The van der Waals surface area contributed by atoms with E-state index >= 15 is 0 Å². The second-order valence-electron chi connectivity index (χ2n) is 10.8. The second kappa shape index (κ2) is 9.15. The summed E-state index contributed by atoms with van der Waals surface area (Å²) < 4.78 is 47.6. The highest BCUT2D eigenvalue weighted by molar-refractivity contribution is 6.00. The quantitative estimate of drug-likeness (QED) is 0.278. The molecule has 1 fully saturated rings. The van der Waals surface area contributed by atoms with Gasteiger partial charge in [0.2, 0.25) is 5.91 Å². The van der Waals surface area contributed by atoms with Gasteiger partial charge in [-0.05, 0) is 84.6 Å². The molecule has 7 nitrogen and oxygen atoms in total. The smallest absolute Gasteiger partial charge is 0.422 e. The van der Waals surface area contributed by atoms with E-state index in [1.165, 1.54) is 0 Å². The third-order valence-corrected chi connectivity index (χ3v) is 7.74. The average Bonchev–Trinajstić information content (AvgIpc) is 3.31. The maximum absolute atomic E-state index is 13.9. The van der Waals surface area contributed by atoms with Crippen molar-refractivity contribution in [1.82, 2.24) is 10.2 Å². The monoisotopic (exact) mass is 538 g/mol. The van der Waals surface area contributed by atoms with Crippen molar-refractivity contribution in [2.45, 2.75) is 56.9 Å². The van der Waals surface area contributed by atoms with E-state index in [0.29, 0.717) is 25.9 Å². The Kier molecular flexibility index (Phi) is 5.98. The molecule has 39 heavy (non-hydrogen) atoms. The minimum atomic E-state index is -5.00. The van der Waals surface area contributed by atoms with E-state index in [1.54, 1.807) is 0 Å². The number of aliphatic hydroxyl groups is 1. The van der Waals surface area contributed by atoms with E-state index in [4.69, 9.17) is 4.74 Å². The van der Waals surface area contributed by atoms with Crippen LogP contribution in [0.5, 0.6) is 5.75 Å². The van der Waals surface area contributed by atoms with Gasteiger partial charge >= 0.3 is 6.18 Å². The van der Waals surface area contributed by atoms with Crippen molar-refractivity contribution in [2.24, 2.45) is 0 Å². The van der Waals surface area contributed by atoms with Crippen LogP contribution in [0.25, 0.3) is 21.5 Å². The predicted molar refractivity (Wildman–Crippen MR) is 143 cm³/mol. The van der Waals surface area contributed by atoms with Gasteiger partial charge in [0.25, 0.3) is 0 Å². The van der Waals surface area contributed by atoms with Gasteiger partial charge < -0.3 is 20.1 Å². The number of carbonyl (C=O) groups excluding carboxylic acids is 1. The summed E-state index contributed by atoms with van der Waals surface area (Å²) in [6.07, 6.45) is -4.85. The molecule has 1 amide bonds. The third kappa shape index (κ3) is 4.46. The van der Waals surface area contributed by atoms with Crippen LogP contribution in [0.15, 0.2) is 48.5 Å². The maximum Gasteiger partial charge on any atom is 0.422 e. The number of aromatic amines is 1. The van der Waals surface area contributed by atoms with Crippen LogP contribution in [0.1, 0.15) is 50.3 Å². The standard InChI is InChI=1S/C29H29F3N4O3/c1-16(2)39-23-6-4-19-11-18-3-5-22(13-20(18)12-21(19)14-23)36-9-7-17(8-10-36)26-25-27(35-34-26)33-24(37)15-28(25,38)29(30,31)32/h3-6,11-14,16-17,38H,7-10,15H2,1-2H3,(H2,33,34,35,37). The van der Waals surface area contributed by atoms with E-state index in [2.05, 4.69) is 56.8 Å². The minimum absolute atomic E-state index is 0.0886. The van der Waals surface area contributed by atoms with Gasteiger partial charge in [0.1, 0.15) is 5.75 Å². The van der Waals surface area contributed by atoms with E-state index in [1.807, 2.05) is 26.0 Å². The Morgan fingerprint density at radius 1 is 1.03 bits per heavy atom. The number of halogens is 3. The molecule has 4 aromatic rings. The van der Waals surface area contributed by atoms with Gasteiger partial charge in [-0.25, -0.2) is 0 Å². The number of piperidine rings is 1. The molecule has 10 heteroatoms. The van der Waals surface area contributed by atoms with Crippen LogP contribution in [0.4, 0.5) is 24.7 Å². The number of anilines is 2. The van der Waals surface area contributed by atoms with Gasteiger partial charge in [-0.3, -0.25) is 9.89 Å². The summed E-state index contributed by atoms with van der Waals surface area (Å²) in [4.78, 5) is 14.1. The first-order valence-corrected chi connectivity index (χ1v) is 13.1. The van der Waals surface area contributed by atoms with Crippen molar-refractivity contribution in [2.75, 3.05) is 23.3 Å². The number of carbonyl (C=O) groups is 1. The van der Waals surface area contributed by atoms with Gasteiger partial charge in [0.15, 0.2) is 11.4 Å². The molecule has 0 bridgehead atoms. The second-order valence-corrected chi connectivity index (χ2v) is 10.8. The Hall–Kier alpha value is -3.79. The maximum atomic E-state index is 13.9. The summed E-state index contributed by atoms with van der Waals surface area (Å²) in [7, 11) is 0. The number of hydrogen-bond donors (Lipinski definition) is 3. The summed E-state index contributed by atoms with van der Waals surface area (Å²) >= 11 is 0. The Morgan fingerprint density at radius 3 is 2.38 bits per heavy atom. The zero-order chi connectivity index (χ0) is 27.5. The van der Waals surface area contributed by atoms with Crippen molar-refractivity contribution in [3.8, 4) is 5.75 Å². The Morgan fingerprint density at radius 2 is 1.69 bits per heavy atom. The molecule has 1 unspecified atom stereocenters. The van der Waals surface area contributed by atoms with E-state index in [0.717, 1.165) is 33.0 Å². The Labute approximate surface area is 222 Å². The molecule has 1 saturated heterocycles. The number of fused-ring (bicyclic) bond motifs is 3. The molecule has 3 heterocycles. The number of ether oxygens (including phenoxy) is 1. The highest BCUT2D eigenvalue weighted by Gasteiger charge is 2.61.